The summed E-state index contributed by atoms with van der Waals surface area (Å²) < 4.78 is 22.9. The van der Waals surface area contributed by atoms with Crippen molar-refractivity contribution in [2.24, 2.45) is 4.99 Å². The van der Waals surface area contributed by atoms with Gasteiger partial charge in [-0.1, -0.05) is 41.9 Å². The summed E-state index contributed by atoms with van der Waals surface area (Å²) in [4.78, 5) is 3.77. The molecule has 0 amide bonds. The zero-order valence-corrected chi connectivity index (χ0v) is 8.59. The number of sulfone groups is 1. The zero-order valence-electron chi connectivity index (χ0n) is 7.01. The number of benzene rings is 1. The van der Waals surface area contributed by atoms with Crippen molar-refractivity contribution in [1.29, 1.82) is 0 Å². The van der Waals surface area contributed by atoms with Gasteiger partial charge in [0.05, 0.1) is 6.20 Å². The second kappa shape index (κ2) is 3.22. The predicted octanol–water partition coefficient (Wildman–Crippen LogP) is 1.90. The summed E-state index contributed by atoms with van der Waals surface area (Å²) in [5, 5.41) is 0.0168. The Bertz CT molecular complexity index is 517. The van der Waals surface area contributed by atoms with Gasteiger partial charge in [-0.2, -0.15) is 0 Å². The van der Waals surface area contributed by atoms with Crippen LogP contribution in [0.4, 0.5) is 0 Å². The van der Waals surface area contributed by atoms with Crippen molar-refractivity contribution >= 4 is 26.5 Å². The van der Waals surface area contributed by atoms with Crippen molar-refractivity contribution in [2.75, 3.05) is 0 Å². The van der Waals surface area contributed by atoms with Gasteiger partial charge in [0.2, 0.25) is 9.84 Å². The first-order chi connectivity index (χ1) is 6.62. The van der Waals surface area contributed by atoms with Crippen LogP contribution in [0.3, 0.4) is 0 Å². The minimum absolute atomic E-state index is 0.0168. The summed E-state index contributed by atoms with van der Waals surface area (Å²) in [6.07, 6.45) is 1.15. The standard InChI is InChI=1S/C9H6ClNO2S/c10-8-6-11-9(14(8,12)13)7-4-2-1-3-5-7/h1-6H. The number of hydrogen-bond donors (Lipinski definition) is 0. The molecule has 1 heterocycles. The monoisotopic (exact) mass is 227 g/mol. The van der Waals surface area contributed by atoms with Crippen molar-refractivity contribution < 1.29 is 8.42 Å². The number of aliphatic imine (C=N–C) groups is 1. The molecule has 0 aliphatic carbocycles. The van der Waals surface area contributed by atoms with Crippen LogP contribution in [0.15, 0.2) is 45.9 Å². The number of hydrogen-bond acceptors (Lipinski definition) is 3. The lowest BCUT2D eigenvalue weighted by molar-refractivity contribution is 0.615. The molecule has 0 fully saturated rings. The second-order valence-corrected chi connectivity index (χ2v) is 5.20. The highest BCUT2D eigenvalue weighted by Crippen LogP contribution is 2.24. The Hall–Kier alpha value is -1.13. The van der Waals surface area contributed by atoms with Gasteiger partial charge < -0.3 is 0 Å². The van der Waals surface area contributed by atoms with Crippen molar-refractivity contribution in [2.45, 2.75) is 0 Å². The lowest BCUT2D eigenvalue weighted by Gasteiger charge is -2.00. The third-order valence-electron chi connectivity index (χ3n) is 1.82. The third-order valence-corrected chi connectivity index (χ3v) is 3.99. The smallest absolute Gasteiger partial charge is 0.236 e. The van der Waals surface area contributed by atoms with E-state index in [4.69, 9.17) is 11.6 Å². The van der Waals surface area contributed by atoms with Crippen LogP contribution in [-0.2, 0) is 9.84 Å². The van der Waals surface area contributed by atoms with Crippen LogP contribution in [-0.4, -0.2) is 13.5 Å². The molecule has 1 aromatic carbocycles. The molecule has 0 unspecified atom stereocenters. The molecule has 0 atom stereocenters. The van der Waals surface area contributed by atoms with E-state index in [0.29, 0.717) is 5.56 Å². The van der Waals surface area contributed by atoms with E-state index in [1.165, 1.54) is 0 Å². The molecule has 5 heteroatoms. The van der Waals surface area contributed by atoms with Gasteiger partial charge in [0, 0.05) is 5.56 Å². The quantitative estimate of drug-likeness (QED) is 0.736. The molecule has 0 aromatic heterocycles. The topological polar surface area (TPSA) is 46.5 Å². The van der Waals surface area contributed by atoms with Crippen molar-refractivity contribution in [3.05, 3.63) is 46.5 Å². The van der Waals surface area contributed by atoms with Crippen LogP contribution in [0.25, 0.3) is 0 Å². The number of halogens is 1. The Morgan fingerprint density at radius 3 is 2.29 bits per heavy atom. The van der Waals surface area contributed by atoms with Gasteiger partial charge >= 0.3 is 0 Å². The van der Waals surface area contributed by atoms with Crippen LogP contribution >= 0.6 is 11.6 Å². The fraction of sp³-hybridized carbons (Fsp3) is 0. The molecule has 72 valence electrons. The normalized spacial score (nSPS) is 18.9. The summed E-state index contributed by atoms with van der Waals surface area (Å²) in [5.41, 5.74) is 0.555. The van der Waals surface area contributed by atoms with Crippen molar-refractivity contribution in [1.82, 2.24) is 0 Å². The maximum absolute atomic E-state index is 11.6. The molecular weight excluding hydrogens is 222 g/mol. The van der Waals surface area contributed by atoms with E-state index in [9.17, 15) is 8.42 Å². The van der Waals surface area contributed by atoms with Crippen LogP contribution in [0.5, 0.6) is 0 Å². The van der Waals surface area contributed by atoms with E-state index in [1.54, 1.807) is 30.3 Å². The van der Waals surface area contributed by atoms with Crippen LogP contribution < -0.4 is 0 Å². The van der Waals surface area contributed by atoms with Gasteiger partial charge in [-0.25, -0.2) is 13.4 Å². The minimum atomic E-state index is -3.54. The Labute approximate surface area is 86.7 Å². The fourth-order valence-electron chi connectivity index (χ4n) is 1.15. The van der Waals surface area contributed by atoms with Crippen LogP contribution in [0, 0.1) is 0 Å². The molecule has 1 aromatic rings. The molecule has 0 saturated heterocycles. The average molecular weight is 228 g/mol. The van der Waals surface area contributed by atoms with Gasteiger partial charge in [0.25, 0.3) is 0 Å². The van der Waals surface area contributed by atoms with Gasteiger partial charge in [-0.3, -0.25) is 0 Å². The summed E-state index contributed by atoms with van der Waals surface area (Å²) in [5.74, 6) is 0. The van der Waals surface area contributed by atoms with E-state index >= 15 is 0 Å². The number of nitrogens with zero attached hydrogens (tertiary/aromatic N) is 1. The summed E-state index contributed by atoms with van der Waals surface area (Å²) in [6.45, 7) is 0. The summed E-state index contributed by atoms with van der Waals surface area (Å²) >= 11 is 5.51. The van der Waals surface area contributed by atoms with Gasteiger partial charge in [-0.05, 0) is 0 Å². The van der Waals surface area contributed by atoms with Crippen LogP contribution in [0.1, 0.15) is 5.56 Å². The highest BCUT2D eigenvalue weighted by atomic mass is 35.5. The lowest BCUT2D eigenvalue weighted by atomic mass is 10.2. The first-order valence-electron chi connectivity index (χ1n) is 3.86. The van der Waals surface area contributed by atoms with Crippen molar-refractivity contribution in [3.8, 4) is 0 Å². The Morgan fingerprint density at radius 2 is 1.79 bits per heavy atom. The lowest BCUT2D eigenvalue weighted by Crippen LogP contribution is -2.11. The zero-order chi connectivity index (χ0) is 10.2. The molecule has 0 N–H and O–H groups in total. The first kappa shape index (κ1) is 9.43. The molecule has 1 aliphatic heterocycles. The van der Waals surface area contributed by atoms with E-state index in [0.717, 1.165) is 6.20 Å². The minimum Gasteiger partial charge on any atom is -0.241 e. The Kier molecular flexibility index (Phi) is 2.17. The maximum atomic E-state index is 11.6. The molecular formula is C9H6ClNO2S. The van der Waals surface area contributed by atoms with Gasteiger partial charge in [0.15, 0.2) is 9.41 Å². The molecule has 2 rings (SSSR count). The summed E-state index contributed by atoms with van der Waals surface area (Å²) in [6, 6.07) is 8.67. The number of rotatable bonds is 1. The highest BCUT2D eigenvalue weighted by molar-refractivity contribution is 8.11. The molecule has 1 aliphatic rings. The average Bonchev–Trinajstić information content (AvgIpc) is 2.44. The molecule has 0 radical (unpaired) electrons. The SMILES string of the molecule is O=S1(=O)C(Cl)=CN=C1c1ccccc1. The molecule has 0 saturated carbocycles. The van der Waals surface area contributed by atoms with E-state index < -0.39 is 9.84 Å². The van der Waals surface area contributed by atoms with E-state index in [1.807, 2.05) is 0 Å². The second-order valence-electron chi connectivity index (χ2n) is 2.74. The first-order valence-corrected chi connectivity index (χ1v) is 5.72. The van der Waals surface area contributed by atoms with E-state index in [-0.39, 0.29) is 9.41 Å². The Morgan fingerprint density at radius 1 is 1.14 bits per heavy atom. The van der Waals surface area contributed by atoms with Gasteiger partial charge in [-0.15, -0.1) is 0 Å². The predicted molar refractivity (Wildman–Crippen MR) is 55.8 cm³/mol. The fourth-order valence-corrected chi connectivity index (χ4v) is 2.43. The third kappa shape index (κ3) is 1.36. The molecule has 0 spiro atoms. The Balaban J connectivity index is 2.53. The largest absolute Gasteiger partial charge is 0.241 e. The maximum Gasteiger partial charge on any atom is 0.236 e. The highest BCUT2D eigenvalue weighted by Gasteiger charge is 2.29. The molecule has 14 heavy (non-hydrogen) atoms. The van der Waals surface area contributed by atoms with E-state index in [2.05, 4.69) is 4.99 Å². The van der Waals surface area contributed by atoms with Crippen molar-refractivity contribution in [3.63, 3.8) is 0 Å². The molecule has 0 bridgehead atoms. The molecule has 3 nitrogen and oxygen atoms in total. The van der Waals surface area contributed by atoms with Gasteiger partial charge in [0.1, 0.15) is 0 Å². The summed E-state index contributed by atoms with van der Waals surface area (Å²) in [7, 11) is -3.54. The van der Waals surface area contributed by atoms with Crippen LogP contribution in [0.2, 0.25) is 0 Å².